The summed E-state index contributed by atoms with van der Waals surface area (Å²) < 4.78 is 29.7. The van der Waals surface area contributed by atoms with Crippen molar-refractivity contribution in [1.29, 1.82) is 0 Å². The largest absolute Gasteiger partial charge is 0.492 e. The lowest BCUT2D eigenvalue weighted by Crippen LogP contribution is -2.20. The van der Waals surface area contributed by atoms with E-state index in [4.69, 9.17) is 8.85 Å². The summed E-state index contributed by atoms with van der Waals surface area (Å²) >= 11 is 0. The minimum Gasteiger partial charge on any atom is -0.492 e. The number of nitrogens with one attached hydrogen (secondary N) is 3. The van der Waals surface area contributed by atoms with Crippen molar-refractivity contribution in [1.82, 2.24) is 20.1 Å². The molecule has 1 aliphatic rings. The Bertz CT molecular complexity index is 1270. The van der Waals surface area contributed by atoms with Crippen LogP contribution in [0.25, 0.3) is 10.9 Å². The van der Waals surface area contributed by atoms with Gasteiger partial charge >= 0.3 is 0 Å². The lowest BCUT2D eigenvalue weighted by atomic mass is 10.1. The number of anilines is 3. The lowest BCUT2D eigenvalue weighted by Gasteiger charge is -2.17. The number of aromatic nitrogens is 3. The fraction of sp³-hybridized carbons (Fsp3) is 0.391. The van der Waals surface area contributed by atoms with Gasteiger partial charge in [0.25, 0.3) is 5.91 Å². The Balaban J connectivity index is 1.75. The first kappa shape index (κ1) is 18.0. The van der Waals surface area contributed by atoms with Crippen molar-refractivity contribution in [3.05, 3.63) is 36.2 Å². The van der Waals surface area contributed by atoms with Crippen molar-refractivity contribution in [2.24, 2.45) is 11.8 Å². The van der Waals surface area contributed by atoms with Gasteiger partial charge in [0, 0.05) is 41.2 Å². The summed E-state index contributed by atoms with van der Waals surface area (Å²) in [6.07, 6.45) is 4.66. The maximum Gasteiger partial charge on any atom is 0.254 e. The minimum atomic E-state index is -2.67. The van der Waals surface area contributed by atoms with E-state index in [1.807, 2.05) is 16.1 Å². The third kappa shape index (κ3) is 4.37. The predicted octanol–water partition coefficient (Wildman–Crippen LogP) is 3.55. The molecule has 0 atom stereocenters. The number of amides is 2. The highest BCUT2D eigenvalue weighted by Gasteiger charge is 2.30. The number of hydrogen-bond donors (Lipinski definition) is 3. The van der Waals surface area contributed by atoms with E-state index in [9.17, 15) is 9.59 Å². The van der Waals surface area contributed by atoms with Gasteiger partial charge in [0.05, 0.1) is 30.2 Å². The van der Waals surface area contributed by atoms with Gasteiger partial charge in [-0.15, -0.1) is 0 Å². The highest BCUT2D eigenvalue weighted by molar-refractivity contribution is 6.02. The van der Waals surface area contributed by atoms with E-state index >= 15 is 0 Å². The number of carbonyl (C=O) groups excluding carboxylic acids is 2. The highest BCUT2D eigenvalue weighted by atomic mass is 16.5. The number of fused-ring (bicyclic) bond motifs is 1. The highest BCUT2D eigenvalue weighted by Crippen LogP contribution is 2.37. The molecule has 2 aromatic heterocycles. The number of methoxy groups -OCH3 is 1. The number of ether oxygens (including phenoxy) is 1. The van der Waals surface area contributed by atoms with Crippen LogP contribution in [0.15, 0.2) is 30.6 Å². The second kappa shape index (κ2) is 8.86. The summed E-state index contributed by atoms with van der Waals surface area (Å²) in [6.45, 7) is 2.19. The van der Waals surface area contributed by atoms with E-state index in [1.54, 1.807) is 19.4 Å². The van der Waals surface area contributed by atoms with Crippen LogP contribution in [0.3, 0.4) is 0 Å². The van der Waals surface area contributed by atoms with E-state index in [2.05, 4.69) is 34.6 Å². The summed E-state index contributed by atoms with van der Waals surface area (Å²) in [5.74, 6) is 0.121. The van der Waals surface area contributed by atoms with Crippen LogP contribution >= 0.6 is 0 Å². The number of rotatable bonds is 8. The predicted molar refractivity (Wildman–Crippen MR) is 123 cm³/mol. The molecule has 0 spiro atoms. The quantitative estimate of drug-likeness (QED) is 0.495. The van der Waals surface area contributed by atoms with Gasteiger partial charge in [0.1, 0.15) is 11.3 Å². The summed E-state index contributed by atoms with van der Waals surface area (Å²) in [6, 6.07) is 5.17. The Labute approximate surface area is 190 Å². The fourth-order valence-corrected chi connectivity index (χ4v) is 3.53. The molecule has 0 radical (unpaired) electrons. The van der Waals surface area contributed by atoms with E-state index in [-0.39, 0.29) is 28.9 Å². The number of benzene rings is 1. The number of hydrogen-bond acceptors (Lipinski definition) is 6. The summed E-state index contributed by atoms with van der Waals surface area (Å²) in [5.41, 5.74) is 1.60. The number of carbonyl (C=O) groups is 2. The van der Waals surface area contributed by atoms with Gasteiger partial charge in [0.15, 0.2) is 5.75 Å². The van der Waals surface area contributed by atoms with Gasteiger partial charge in [-0.25, -0.2) is 4.98 Å². The Kier molecular flexibility index (Phi) is 4.98. The molecular weight excluding hydrogens is 408 g/mol. The van der Waals surface area contributed by atoms with Crippen LogP contribution in [-0.2, 0) is 11.3 Å². The SMILES string of the molecule is [2H]C([2H])([2H])NC(=O)c1cnc(NC(=O)C2CC2)cc1Nc1ccc2cnn(CC(C)C)c2c1OC. The molecule has 1 aliphatic carbocycles. The van der Waals surface area contributed by atoms with Crippen LogP contribution in [0.4, 0.5) is 17.2 Å². The van der Waals surface area contributed by atoms with E-state index < -0.39 is 12.9 Å². The maximum atomic E-state index is 12.7. The molecule has 2 heterocycles. The molecule has 1 saturated carbocycles. The van der Waals surface area contributed by atoms with Crippen LogP contribution in [0.1, 0.15) is 41.2 Å². The summed E-state index contributed by atoms with van der Waals surface area (Å²) in [7, 11) is 1.54. The molecule has 2 amide bonds. The Morgan fingerprint density at radius 2 is 2.09 bits per heavy atom. The van der Waals surface area contributed by atoms with Gasteiger partial charge in [-0.05, 0) is 30.9 Å². The normalized spacial score (nSPS) is 15.1. The third-order valence-corrected chi connectivity index (χ3v) is 5.23. The van der Waals surface area contributed by atoms with Crippen molar-refractivity contribution >= 4 is 39.9 Å². The van der Waals surface area contributed by atoms with Crippen molar-refractivity contribution in [2.75, 3.05) is 24.7 Å². The molecule has 0 bridgehead atoms. The van der Waals surface area contributed by atoms with Crippen molar-refractivity contribution in [2.45, 2.75) is 33.2 Å². The second-order valence-corrected chi connectivity index (χ2v) is 8.26. The van der Waals surface area contributed by atoms with Gasteiger partial charge in [0.2, 0.25) is 5.91 Å². The topological polar surface area (TPSA) is 110 Å². The first-order valence-electron chi connectivity index (χ1n) is 12.0. The summed E-state index contributed by atoms with van der Waals surface area (Å²) in [5, 5.41) is 13.3. The van der Waals surface area contributed by atoms with E-state index in [0.717, 1.165) is 23.7 Å². The van der Waals surface area contributed by atoms with Gasteiger partial charge in [-0.3, -0.25) is 14.3 Å². The average Bonchev–Trinajstić information content (AvgIpc) is 3.55. The molecule has 0 aliphatic heterocycles. The average molecular weight is 440 g/mol. The standard InChI is InChI=1S/C23H28N6O3/c1-13(2)12-29-20-15(10-26-29)7-8-17(21(20)32-4)27-18-9-19(28-22(30)14-5-6-14)25-11-16(18)23(31)24-3/h7-11,13-14H,5-6,12H2,1-4H3,(H,24,31)(H2,25,27,28,30)/i3D3. The third-order valence-electron chi connectivity index (χ3n) is 5.23. The second-order valence-electron chi connectivity index (χ2n) is 8.26. The smallest absolute Gasteiger partial charge is 0.254 e. The van der Waals surface area contributed by atoms with E-state index in [1.165, 1.54) is 12.3 Å². The monoisotopic (exact) mass is 439 g/mol. The first-order chi connectivity index (χ1) is 16.6. The molecular formula is C23H28N6O3. The van der Waals surface area contributed by atoms with Gasteiger partial charge in [-0.1, -0.05) is 13.8 Å². The minimum absolute atomic E-state index is 0.00313. The zero-order valence-electron chi connectivity index (χ0n) is 21.2. The van der Waals surface area contributed by atoms with Gasteiger partial charge in [-0.2, -0.15) is 5.10 Å². The molecule has 32 heavy (non-hydrogen) atoms. The van der Waals surface area contributed by atoms with Gasteiger partial charge < -0.3 is 20.7 Å². The molecule has 3 N–H and O–H groups in total. The molecule has 0 saturated heterocycles. The van der Waals surface area contributed by atoms with Crippen LogP contribution in [0.5, 0.6) is 5.75 Å². The number of nitrogens with zero attached hydrogens (tertiary/aromatic N) is 3. The zero-order valence-corrected chi connectivity index (χ0v) is 18.2. The summed E-state index contributed by atoms with van der Waals surface area (Å²) in [4.78, 5) is 29.1. The Morgan fingerprint density at radius 1 is 1.28 bits per heavy atom. The fourth-order valence-electron chi connectivity index (χ4n) is 3.53. The van der Waals surface area contributed by atoms with Crippen LogP contribution in [0, 0.1) is 11.8 Å². The van der Waals surface area contributed by atoms with Crippen molar-refractivity contribution in [3.63, 3.8) is 0 Å². The van der Waals surface area contributed by atoms with Crippen LogP contribution in [0.2, 0.25) is 0 Å². The van der Waals surface area contributed by atoms with Crippen molar-refractivity contribution < 1.29 is 18.4 Å². The molecule has 3 aromatic rings. The molecule has 9 heteroatoms. The molecule has 4 rings (SSSR count). The zero-order chi connectivity index (χ0) is 25.3. The molecule has 1 aromatic carbocycles. The van der Waals surface area contributed by atoms with Crippen LogP contribution < -0.4 is 20.7 Å². The Morgan fingerprint density at radius 3 is 2.78 bits per heavy atom. The lowest BCUT2D eigenvalue weighted by molar-refractivity contribution is -0.117. The first-order valence-corrected chi connectivity index (χ1v) is 10.5. The van der Waals surface area contributed by atoms with Crippen LogP contribution in [-0.4, -0.2) is 40.7 Å². The number of pyridine rings is 1. The molecule has 168 valence electrons. The Hall–Kier alpha value is -3.62. The molecule has 9 nitrogen and oxygen atoms in total. The maximum absolute atomic E-state index is 12.7. The molecule has 0 unspecified atom stereocenters. The van der Waals surface area contributed by atoms with Crippen molar-refractivity contribution in [3.8, 4) is 5.75 Å². The molecule has 1 fully saturated rings. The van der Waals surface area contributed by atoms with E-state index in [0.29, 0.717) is 23.9 Å².